The van der Waals surface area contributed by atoms with E-state index in [0.717, 1.165) is 31.2 Å². The summed E-state index contributed by atoms with van der Waals surface area (Å²) in [6.45, 7) is 2.25. The van der Waals surface area contributed by atoms with Crippen molar-refractivity contribution in [2.45, 2.75) is 51.4 Å². The van der Waals surface area contributed by atoms with Gasteiger partial charge in [-0.05, 0) is 67.1 Å². The molecule has 2 saturated carbocycles. The smallest absolute Gasteiger partial charge is 0.139 e. The summed E-state index contributed by atoms with van der Waals surface area (Å²) >= 11 is 0. The first-order valence-electron chi connectivity index (χ1n) is 8.66. The summed E-state index contributed by atoms with van der Waals surface area (Å²) in [6.07, 6.45) is 8.59. The molecule has 3 nitrogen and oxygen atoms in total. The van der Waals surface area contributed by atoms with E-state index in [0.29, 0.717) is 23.5 Å². The molecule has 3 aliphatic carbocycles. The molecular formula is C19H22N2O. The van der Waals surface area contributed by atoms with Crippen molar-refractivity contribution in [1.82, 2.24) is 10.2 Å². The number of aryl methyl sites for hydroxylation is 1. The Morgan fingerprint density at radius 1 is 1.23 bits per heavy atom. The zero-order chi connectivity index (χ0) is 14.9. The molecule has 3 aliphatic rings. The molecule has 1 aromatic carbocycles. The molecule has 22 heavy (non-hydrogen) atoms. The largest absolute Gasteiger partial charge is 0.299 e. The molecule has 1 heterocycles. The lowest BCUT2D eigenvalue weighted by Gasteiger charge is -2.48. The van der Waals surface area contributed by atoms with Crippen LogP contribution in [0.2, 0.25) is 0 Å². The first-order valence-corrected chi connectivity index (χ1v) is 8.66. The van der Waals surface area contributed by atoms with Gasteiger partial charge in [-0.2, -0.15) is 5.10 Å². The van der Waals surface area contributed by atoms with Crippen LogP contribution in [0.15, 0.2) is 18.3 Å². The van der Waals surface area contributed by atoms with E-state index in [1.54, 1.807) is 5.56 Å². The number of aromatic amines is 1. The zero-order valence-electron chi connectivity index (χ0n) is 13.1. The second kappa shape index (κ2) is 4.21. The molecule has 1 N–H and O–H groups in total. The number of benzene rings is 1. The molecule has 0 saturated heterocycles. The molecule has 2 aromatic rings. The first-order chi connectivity index (χ1) is 10.7. The third-order valence-corrected chi connectivity index (χ3v) is 7.05. The highest BCUT2D eigenvalue weighted by Crippen LogP contribution is 2.59. The standard InChI is InChI=1S/C19H22N2O/c1-19-9-8-13-11-4-6-17-15(10-20-21-17)12(11)2-3-14(13)16(19)5-7-18(19)22/h4,6,10,13-14,16H,2-3,5,7-9H2,1H3,(H,20,21)/t13-,14-,16+,19+/m1/s1. The monoisotopic (exact) mass is 294 g/mol. The normalized spacial score (nSPS) is 37.0. The molecule has 2 fully saturated rings. The number of carbonyl (C=O) groups is 1. The Bertz CT molecular complexity index is 777. The maximum atomic E-state index is 12.4. The number of H-pyrrole nitrogens is 1. The van der Waals surface area contributed by atoms with E-state index < -0.39 is 0 Å². The molecule has 0 aliphatic heterocycles. The SMILES string of the molecule is C[C@]12CC[C@@H]3c4ccc5[nH]ncc5c4CC[C@H]3[C@@H]1CCC2=O. The summed E-state index contributed by atoms with van der Waals surface area (Å²) in [6, 6.07) is 4.52. The van der Waals surface area contributed by atoms with Crippen LogP contribution in [0.4, 0.5) is 0 Å². The fourth-order valence-electron chi connectivity index (χ4n) is 5.88. The van der Waals surface area contributed by atoms with Crippen molar-refractivity contribution in [1.29, 1.82) is 0 Å². The van der Waals surface area contributed by atoms with Gasteiger partial charge in [0.15, 0.2) is 0 Å². The molecular weight excluding hydrogens is 272 g/mol. The van der Waals surface area contributed by atoms with E-state index in [9.17, 15) is 4.79 Å². The Kier molecular flexibility index (Phi) is 2.46. The number of hydrogen-bond acceptors (Lipinski definition) is 2. The van der Waals surface area contributed by atoms with E-state index in [4.69, 9.17) is 0 Å². The van der Waals surface area contributed by atoms with Gasteiger partial charge in [-0.25, -0.2) is 0 Å². The van der Waals surface area contributed by atoms with Crippen molar-refractivity contribution in [3.63, 3.8) is 0 Å². The summed E-state index contributed by atoms with van der Waals surface area (Å²) < 4.78 is 0. The van der Waals surface area contributed by atoms with Crippen LogP contribution in [0.5, 0.6) is 0 Å². The zero-order valence-corrected chi connectivity index (χ0v) is 13.1. The minimum absolute atomic E-state index is 0.0155. The van der Waals surface area contributed by atoms with Crippen molar-refractivity contribution in [2.75, 3.05) is 0 Å². The van der Waals surface area contributed by atoms with Gasteiger partial charge in [-0.1, -0.05) is 13.0 Å². The Balaban J connectivity index is 1.61. The van der Waals surface area contributed by atoms with E-state index >= 15 is 0 Å². The van der Waals surface area contributed by atoms with Gasteiger partial charge in [-0.15, -0.1) is 0 Å². The molecule has 0 bridgehead atoms. The number of rotatable bonds is 0. The minimum atomic E-state index is -0.0155. The average molecular weight is 294 g/mol. The van der Waals surface area contributed by atoms with Crippen LogP contribution in [0.3, 0.4) is 0 Å². The van der Waals surface area contributed by atoms with Gasteiger partial charge in [0.2, 0.25) is 0 Å². The van der Waals surface area contributed by atoms with Crippen LogP contribution in [-0.4, -0.2) is 16.0 Å². The highest BCUT2D eigenvalue weighted by molar-refractivity contribution is 5.87. The van der Waals surface area contributed by atoms with Crippen molar-refractivity contribution in [3.05, 3.63) is 29.5 Å². The van der Waals surface area contributed by atoms with E-state index in [2.05, 4.69) is 29.3 Å². The molecule has 5 rings (SSSR count). The number of nitrogens with one attached hydrogen (secondary N) is 1. The molecule has 0 spiro atoms. The quantitative estimate of drug-likeness (QED) is 0.798. The summed E-state index contributed by atoms with van der Waals surface area (Å²) in [7, 11) is 0. The molecule has 0 radical (unpaired) electrons. The van der Waals surface area contributed by atoms with Gasteiger partial charge in [0.1, 0.15) is 5.78 Å². The van der Waals surface area contributed by atoms with E-state index in [-0.39, 0.29) is 5.41 Å². The number of fused-ring (bicyclic) bond motifs is 7. The van der Waals surface area contributed by atoms with Crippen LogP contribution in [0.1, 0.15) is 56.1 Å². The average Bonchev–Trinajstić information content (AvgIpc) is 3.12. The Labute approximate surface area is 130 Å². The van der Waals surface area contributed by atoms with Crippen LogP contribution in [-0.2, 0) is 11.2 Å². The Morgan fingerprint density at radius 2 is 2.14 bits per heavy atom. The van der Waals surface area contributed by atoms with Crippen molar-refractivity contribution >= 4 is 16.7 Å². The molecule has 3 heteroatoms. The van der Waals surface area contributed by atoms with Crippen molar-refractivity contribution in [2.24, 2.45) is 17.3 Å². The highest BCUT2D eigenvalue weighted by atomic mass is 16.1. The molecule has 0 amide bonds. The van der Waals surface area contributed by atoms with Crippen LogP contribution >= 0.6 is 0 Å². The maximum Gasteiger partial charge on any atom is 0.139 e. The lowest BCUT2D eigenvalue weighted by molar-refractivity contribution is -0.129. The van der Waals surface area contributed by atoms with E-state index in [1.807, 2.05) is 6.20 Å². The van der Waals surface area contributed by atoms with Gasteiger partial charge in [-0.3, -0.25) is 9.89 Å². The van der Waals surface area contributed by atoms with Gasteiger partial charge in [0.25, 0.3) is 0 Å². The van der Waals surface area contributed by atoms with Crippen molar-refractivity contribution in [3.8, 4) is 0 Å². The van der Waals surface area contributed by atoms with Crippen LogP contribution in [0.25, 0.3) is 10.9 Å². The Morgan fingerprint density at radius 3 is 3.05 bits per heavy atom. The number of carbonyl (C=O) groups excluding carboxylic acids is 1. The van der Waals surface area contributed by atoms with Gasteiger partial charge >= 0.3 is 0 Å². The fourth-order valence-corrected chi connectivity index (χ4v) is 5.88. The number of aromatic nitrogens is 2. The predicted molar refractivity (Wildman–Crippen MR) is 85.7 cm³/mol. The Hall–Kier alpha value is -1.64. The predicted octanol–water partition coefficient (Wildman–Crippen LogP) is 3.99. The fraction of sp³-hybridized carbons (Fsp3) is 0.579. The van der Waals surface area contributed by atoms with E-state index in [1.165, 1.54) is 23.8 Å². The topological polar surface area (TPSA) is 45.8 Å². The van der Waals surface area contributed by atoms with Gasteiger partial charge < -0.3 is 0 Å². The first kappa shape index (κ1) is 12.9. The molecule has 4 atom stereocenters. The summed E-state index contributed by atoms with van der Waals surface area (Å²) in [5.74, 6) is 2.52. The van der Waals surface area contributed by atoms with Gasteiger partial charge in [0.05, 0.1) is 11.7 Å². The second-order valence-electron chi connectivity index (χ2n) is 7.80. The molecule has 0 unspecified atom stereocenters. The maximum absolute atomic E-state index is 12.4. The molecule has 114 valence electrons. The lowest BCUT2D eigenvalue weighted by Crippen LogP contribution is -2.42. The number of Topliss-reactive ketones (excluding diaryl/α,β-unsaturated/α-hetero) is 1. The summed E-state index contributed by atoms with van der Waals surface area (Å²) in [4.78, 5) is 12.4. The van der Waals surface area contributed by atoms with Crippen LogP contribution < -0.4 is 0 Å². The van der Waals surface area contributed by atoms with Crippen molar-refractivity contribution < 1.29 is 4.79 Å². The third kappa shape index (κ3) is 1.47. The molecule has 1 aromatic heterocycles. The number of ketones is 1. The number of hydrogen-bond donors (Lipinski definition) is 1. The third-order valence-electron chi connectivity index (χ3n) is 7.05. The number of nitrogens with zero attached hydrogens (tertiary/aromatic N) is 1. The van der Waals surface area contributed by atoms with Crippen LogP contribution in [0, 0.1) is 17.3 Å². The minimum Gasteiger partial charge on any atom is -0.299 e. The summed E-state index contributed by atoms with van der Waals surface area (Å²) in [5, 5.41) is 8.63. The van der Waals surface area contributed by atoms with Gasteiger partial charge in [0, 0.05) is 17.2 Å². The highest BCUT2D eigenvalue weighted by Gasteiger charge is 2.54. The lowest BCUT2D eigenvalue weighted by atomic mass is 9.55. The second-order valence-corrected chi connectivity index (χ2v) is 7.80. The summed E-state index contributed by atoms with van der Waals surface area (Å²) in [5.41, 5.74) is 4.21.